The van der Waals surface area contributed by atoms with E-state index in [2.05, 4.69) is 4.98 Å². The van der Waals surface area contributed by atoms with E-state index in [9.17, 15) is 10.1 Å². The molecule has 5 heteroatoms. The Kier molecular flexibility index (Phi) is 2.53. The lowest BCUT2D eigenvalue weighted by Gasteiger charge is -2.17. The summed E-state index contributed by atoms with van der Waals surface area (Å²) < 4.78 is 0. The van der Waals surface area contributed by atoms with Crippen LogP contribution in [0.2, 0.25) is 0 Å². The standard InChI is InChI=1S/C9H13N3O2/c1-6-7(12(13)14)4-5-8(11-6)9(2,3)10/h4-5H,10H2,1-3H3. The quantitative estimate of drug-likeness (QED) is 0.572. The van der Waals surface area contributed by atoms with Crippen LogP contribution in [-0.2, 0) is 5.54 Å². The molecule has 76 valence electrons. The summed E-state index contributed by atoms with van der Waals surface area (Å²) in [6.07, 6.45) is 0. The molecule has 0 aliphatic heterocycles. The van der Waals surface area contributed by atoms with Crippen molar-refractivity contribution in [3.05, 3.63) is 33.6 Å². The highest BCUT2D eigenvalue weighted by Crippen LogP contribution is 2.20. The van der Waals surface area contributed by atoms with E-state index in [1.807, 2.05) is 0 Å². The van der Waals surface area contributed by atoms with Crippen LogP contribution in [0.15, 0.2) is 12.1 Å². The Bertz CT molecular complexity index is 369. The van der Waals surface area contributed by atoms with Crippen LogP contribution in [-0.4, -0.2) is 9.91 Å². The maximum atomic E-state index is 10.5. The van der Waals surface area contributed by atoms with E-state index >= 15 is 0 Å². The van der Waals surface area contributed by atoms with Crippen molar-refractivity contribution in [2.45, 2.75) is 26.3 Å². The summed E-state index contributed by atoms with van der Waals surface area (Å²) >= 11 is 0. The summed E-state index contributed by atoms with van der Waals surface area (Å²) in [5.41, 5.74) is 6.32. The molecule has 0 aliphatic rings. The highest BCUT2D eigenvalue weighted by Gasteiger charge is 2.19. The van der Waals surface area contributed by atoms with E-state index in [0.717, 1.165) is 0 Å². The summed E-state index contributed by atoms with van der Waals surface area (Å²) in [4.78, 5) is 14.2. The second-order valence-electron chi connectivity index (χ2n) is 3.78. The molecule has 5 nitrogen and oxygen atoms in total. The molecule has 1 aromatic heterocycles. The van der Waals surface area contributed by atoms with E-state index in [4.69, 9.17) is 5.73 Å². The van der Waals surface area contributed by atoms with Crippen LogP contribution in [0.5, 0.6) is 0 Å². The second kappa shape index (κ2) is 3.34. The van der Waals surface area contributed by atoms with Gasteiger partial charge in [0.25, 0.3) is 5.69 Å². The lowest BCUT2D eigenvalue weighted by Crippen LogP contribution is -2.30. The first kappa shape index (κ1) is 10.6. The molecular weight excluding hydrogens is 182 g/mol. The summed E-state index contributed by atoms with van der Waals surface area (Å²) in [6.45, 7) is 5.22. The van der Waals surface area contributed by atoms with Gasteiger partial charge in [-0.3, -0.25) is 10.1 Å². The Hall–Kier alpha value is -1.49. The van der Waals surface area contributed by atoms with Gasteiger partial charge >= 0.3 is 0 Å². The minimum absolute atomic E-state index is 0.0259. The zero-order valence-electron chi connectivity index (χ0n) is 8.44. The first-order valence-corrected chi connectivity index (χ1v) is 4.24. The molecule has 0 saturated heterocycles. The van der Waals surface area contributed by atoms with E-state index in [0.29, 0.717) is 11.4 Å². The predicted octanol–water partition coefficient (Wildman–Crippen LogP) is 1.49. The van der Waals surface area contributed by atoms with E-state index in [-0.39, 0.29) is 5.69 Å². The fraction of sp³-hybridized carbons (Fsp3) is 0.444. The smallest absolute Gasteiger partial charge is 0.290 e. The van der Waals surface area contributed by atoms with E-state index < -0.39 is 10.5 Å². The van der Waals surface area contributed by atoms with Gasteiger partial charge in [-0.25, -0.2) is 4.98 Å². The van der Waals surface area contributed by atoms with Gasteiger partial charge < -0.3 is 5.73 Å². The van der Waals surface area contributed by atoms with Gasteiger partial charge in [0, 0.05) is 6.07 Å². The molecule has 0 amide bonds. The van der Waals surface area contributed by atoms with Crippen LogP contribution in [0, 0.1) is 17.0 Å². The number of nitro groups is 1. The fourth-order valence-electron chi connectivity index (χ4n) is 1.11. The lowest BCUT2D eigenvalue weighted by atomic mass is 10.0. The molecule has 0 atom stereocenters. The third-order valence-electron chi connectivity index (χ3n) is 1.91. The van der Waals surface area contributed by atoms with Crippen LogP contribution < -0.4 is 5.73 Å². The Morgan fingerprint density at radius 2 is 2.07 bits per heavy atom. The van der Waals surface area contributed by atoms with Gasteiger partial charge in [0.1, 0.15) is 5.69 Å². The van der Waals surface area contributed by atoms with Gasteiger partial charge in [-0.2, -0.15) is 0 Å². The first-order valence-electron chi connectivity index (χ1n) is 4.24. The van der Waals surface area contributed by atoms with Gasteiger partial charge in [-0.1, -0.05) is 0 Å². The molecule has 2 N–H and O–H groups in total. The van der Waals surface area contributed by atoms with Crippen molar-refractivity contribution in [2.24, 2.45) is 5.73 Å². The molecule has 0 fully saturated rings. The zero-order chi connectivity index (χ0) is 10.9. The summed E-state index contributed by atoms with van der Waals surface area (Å²) in [5.74, 6) is 0. The lowest BCUT2D eigenvalue weighted by molar-refractivity contribution is -0.385. The Balaban J connectivity index is 3.20. The maximum Gasteiger partial charge on any atom is 0.290 e. The summed E-state index contributed by atoms with van der Waals surface area (Å²) in [5, 5.41) is 10.5. The number of aryl methyl sites for hydroxylation is 1. The minimum Gasteiger partial charge on any atom is -0.321 e. The molecule has 1 heterocycles. The Morgan fingerprint density at radius 1 is 1.50 bits per heavy atom. The van der Waals surface area contributed by atoms with Crippen LogP contribution in [0.1, 0.15) is 25.2 Å². The van der Waals surface area contributed by atoms with Crippen molar-refractivity contribution in [1.29, 1.82) is 0 Å². The van der Waals surface area contributed by atoms with Crippen molar-refractivity contribution in [3.8, 4) is 0 Å². The monoisotopic (exact) mass is 195 g/mol. The summed E-state index contributed by atoms with van der Waals surface area (Å²) in [6, 6.07) is 3.03. The average molecular weight is 195 g/mol. The van der Waals surface area contributed by atoms with Crippen LogP contribution in [0.4, 0.5) is 5.69 Å². The van der Waals surface area contributed by atoms with Crippen LogP contribution in [0.25, 0.3) is 0 Å². The van der Waals surface area contributed by atoms with Gasteiger partial charge in [-0.15, -0.1) is 0 Å². The predicted molar refractivity (Wildman–Crippen MR) is 52.8 cm³/mol. The molecule has 14 heavy (non-hydrogen) atoms. The highest BCUT2D eigenvalue weighted by molar-refractivity contribution is 5.36. The first-order chi connectivity index (χ1) is 6.32. The highest BCUT2D eigenvalue weighted by atomic mass is 16.6. The third-order valence-corrected chi connectivity index (χ3v) is 1.91. The average Bonchev–Trinajstić information content (AvgIpc) is 2.01. The minimum atomic E-state index is -0.570. The van der Waals surface area contributed by atoms with E-state index in [1.165, 1.54) is 6.07 Å². The van der Waals surface area contributed by atoms with Crippen molar-refractivity contribution in [2.75, 3.05) is 0 Å². The van der Waals surface area contributed by atoms with Crippen molar-refractivity contribution >= 4 is 5.69 Å². The van der Waals surface area contributed by atoms with Gasteiger partial charge in [-0.05, 0) is 26.8 Å². The van der Waals surface area contributed by atoms with Crippen LogP contribution in [0.3, 0.4) is 0 Å². The molecule has 0 saturated carbocycles. The van der Waals surface area contributed by atoms with Crippen molar-refractivity contribution in [3.63, 3.8) is 0 Å². The number of hydrogen-bond donors (Lipinski definition) is 1. The number of hydrogen-bond acceptors (Lipinski definition) is 4. The third kappa shape index (κ3) is 2.05. The number of aromatic nitrogens is 1. The van der Waals surface area contributed by atoms with E-state index in [1.54, 1.807) is 26.8 Å². The SMILES string of the molecule is Cc1nc(C(C)(C)N)ccc1[N+](=O)[O-]. The molecule has 0 radical (unpaired) electrons. The molecule has 0 unspecified atom stereocenters. The number of pyridine rings is 1. The van der Waals surface area contributed by atoms with Crippen molar-refractivity contribution in [1.82, 2.24) is 4.98 Å². The summed E-state index contributed by atoms with van der Waals surface area (Å²) in [7, 11) is 0. The molecule has 1 rings (SSSR count). The number of nitrogens with zero attached hydrogens (tertiary/aromatic N) is 2. The topological polar surface area (TPSA) is 82.0 Å². The largest absolute Gasteiger partial charge is 0.321 e. The van der Waals surface area contributed by atoms with Gasteiger partial charge in [0.05, 0.1) is 16.2 Å². The molecule has 0 spiro atoms. The second-order valence-corrected chi connectivity index (χ2v) is 3.78. The molecule has 0 aromatic carbocycles. The number of nitrogens with two attached hydrogens (primary N) is 1. The van der Waals surface area contributed by atoms with Gasteiger partial charge in [0.15, 0.2) is 0 Å². The molecule has 1 aromatic rings. The molecule has 0 aliphatic carbocycles. The molecular formula is C9H13N3O2. The zero-order valence-corrected chi connectivity index (χ0v) is 8.44. The van der Waals surface area contributed by atoms with Gasteiger partial charge in [0.2, 0.25) is 0 Å². The van der Waals surface area contributed by atoms with Crippen molar-refractivity contribution < 1.29 is 4.92 Å². The maximum absolute atomic E-state index is 10.5. The normalized spacial score (nSPS) is 11.4. The number of rotatable bonds is 2. The van der Waals surface area contributed by atoms with Crippen LogP contribution >= 0.6 is 0 Å². The fourth-order valence-corrected chi connectivity index (χ4v) is 1.11. The Morgan fingerprint density at radius 3 is 2.43 bits per heavy atom. The molecule has 0 bridgehead atoms. The Labute approximate surface area is 82.1 Å².